The fraction of sp³-hybridized carbons (Fsp3) is 0.500. The quantitative estimate of drug-likeness (QED) is 0.652. The number of nitrogens with two attached hydrogens (primary N) is 1. The Morgan fingerprint density at radius 3 is 2.83 bits per heavy atom. The average Bonchev–Trinajstić information content (AvgIpc) is 2.85. The van der Waals surface area contributed by atoms with Crippen LogP contribution < -0.4 is 5.73 Å². The monoisotopic (exact) mass is 248 g/mol. The number of carbonyl (C=O) groups excluding carboxylic acids is 1. The van der Waals surface area contributed by atoms with Crippen LogP contribution in [0.1, 0.15) is 28.8 Å². The highest BCUT2D eigenvalue weighted by atomic mass is 16.5. The Bertz CT molecular complexity index is 426. The Kier molecular flexibility index (Phi) is 4.20. The number of aryl methyl sites for hydroxylation is 1. The van der Waals surface area contributed by atoms with Crippen LogP contribution in [-0.4, -0.2) is 37.1 Å². The van der Waals surface area contributed by atoms with Crippen molar-refractivity contribution >= 4 is 11.7 Å². The lowest BCUT2D eigenvalue weighted by molar-refractivity contribution is 0.0473. The number of rotatable bonds is 4. The fourth-order valence-electron chi connectivity index (χ4n) is 2.21. The van der Waals surface area contributed by atoms with Gasteiger partial charge in [-0.25, -0.2) is 4.79 Å². The van der Waals surface area contributed by atoms with Crippen molar-refractivity contribution in [2.24, 2.45) is 0 Å². The van der Waals surface area contributed by atoms with Crippen molar-refractivity contribution in [2.45, 2.75) is 19.8 Å². The number of nitrogen functional groups attached to an aromatic ring is 1. The van der Waals surface area contributed by atoms with E-state index < -0.39 is 0 Å². The zero-order valence-electron chi connectivity index (χ0n) is 10.8. The van der Waals surface area contributed by atoms with E-state index in [0.29, 0.717) is 17.9 Å². The first-order chi connectivity index (χ1) is 8.68. The summed E-state index contributed by atoms with van der Waals surface area (Å²) in [5.74, 6) is -0.324. The maximum atomic E-state index is 11.9. The number of likely N-dealkylation sites (tertiary alicyclic amines) is 1. The van der Waals surface area contributed by atoms with Crippen molar-refractivity contribution in [1.82, 2.24) is 4.90 Å². The van der Waals surface area contributed by atoms with Crippen molar-refractivity contribution in [3.8, 4) is 0 Å². The lowest BCUT2D eigenvalue weighted by Gasteiger charge is -2.14. The van der Waals surface area contributed by atoms with E-state index in [-0.39, 0.29) is 5.97 Å². The third-order valence-electron chi connectivity index (χ3n) is 3.38. The molecule has 1 aromatic rings. The number of nitrogens with zero attached hydrogens (tertiary/aromatic N) is 1. The molecule has 0 unspecified atom stereocenters. The number of esters is 1. The highest BCUT2D eigenvalue weighted by Crippen LogP contribution is 2.17. The number of hydrogen-bond acceptors (Lipinski definition) is 4. The summed E-state index contributed by atoms with van der Waals surface area (Å²) in [7, 11) is 0. The normalized spacial score (nSPS) is 15.8. The van der Waals surface area contributed by atoms with Crippen molar-refractivity contribution in [1.29, 1.82) is 0 Å². The van der Waals surface area contributed by atoms with E-state index in [4.69, 9.17) is 10.5 Å². The molecule has 4 nitrogen and oxygen atoms in total. The smallest absolute Gasteiger partial charge is 0.340 e. The van der Waals surface area contributed by atoms with Crippen molar-refractivity contribution in [2.75, 3.05) is 32.0 Å². The molecule has 0 radical (unpaired) electrons. The van der Waals surface area contributed by atoms with Gasteiger partial charge in [0.1, 0.15) is 6.61 Å². The number of benzene rings is 1. The topological polar surface area (TPSA) is 55.6 Å². The lowest BCUT2D eigenvalue weighted by atomic mass is 10.1. The summed E-state index contributed by atoms with van der Waals surface area (Å²) < 4.78 is 5.27. The molecule has 2 rings (SSSR count). The minimum absolute atomic E-state index is 0.324. The van der Waals surface area contributed by atoms with Crippen LogP contribution >= 0.6 is 0 Å². The van der Waals surface area contributed by atoms with Crippen molar-refractivity contribution in [3.05, 3.63) is 29.3 Å². The number of anilines is 1. The largest absolute Gasteiger partial charge is 0.461 e. The SMILES string of the molecule is Cc1cccc(C(=O)OCCN2CCCC2)c1N. The molecular weight excluding hydrogens is 228 g/mol. The summed E-state index contributed by atoms with van der Waals surface area (Å²) in [5.41, 5.74) is 7.76. The van der Waals surface area contributed by atoms with Crippen LogP contribution in [0.2, 0.25) is 0 Å². The van der Waals surface area contributed by atoms with E-state index in [1.807, 2.05) is 19.1 Å². The minimum atomic E-state index is -0.324. The van der Waals surface area contributed by atoms with Gasteiger partial charge in [-0.1, -0.05) is 12.1 Å². The van der Waals surface area contributed by atoms with Gasteiger partial charge in [0.25, 0.3) is 0 Å². The summed E-state index contributed by atoms with van der Waals surface area (Å²) in [5, 5.41) is 0. The van der Waals surface area contributed by atoms with E-state index in [2.05, 4.69) is 4.90 Å². The standard InChI is InChI=1S/C14H20N2O2/c1-11-5-4-6-12(13(11)15)14(17)18-10-9-16-7-2-3-8-16/h4-6H,2-3,7-10,15H2,1H3. The summed E-state index contributed by atoms with van der Waals surface area (Å²) in [6.07, 6.45) is 2.50. The number of para-hydroxylation sites is 1. The molecule has 1 aliphatic heterocycles. The van der Waals surface area contributed by atoms with Crippen LogP contribution in [0.3, 0.4) is 0 Å². The molecule has 1 fully saturated rings. The summed E-state index contributed by atoms with van der Waals surface area (Å²) >= 11 is 0. The van der Waals surface area contributed by atoms with E-state index in [9.17, 15) is 4.79 Å². The Balaban J connectivity index is 1.85. The first kappa shape index (κ1) is 12.9. The summed E-state index contributed by atoms with van der Waals surface area (Å²) in [4.78, 5) is 14.2. The Labute approximate surface area is 108 Å². The first-order valence-corrected chi connectivity index (χ1v) is 6.43. The maximum Gasteiger partial charge on any atom is 0.340 e. The van der Waals surface area contributed by atoms with Gasteiger partial charge in [0.2, 0.25) is 0 Å². The Morgan fingerprint density at radius 1 is 1.39 bits per heavy atom. The molecule has 1 heterocycles. The van der Waals surface area contributed by atoms with Crippen LogP contribution in [0.25, 0.3) is 0 Å². The van der Waals surface area contributed by atoms with Gasteiger partial charge in [-0.15, -0.1) is 0 Å². The average molecular weight is 248 g/mol. The molecule has 0 bridgehead atoms. The van der Waals surface area contributed by atoms with Gasteiger partial charge in [0, 0.05) is 12.2 Å². The molecule has 0 amide bonds. The molecular formula is C14H20N2O2. The van der Waals surface area contributed by atoms with Crippen LogP contribution in [0.5, 0.6) is 0 Å². The fourth-order valence-corrected chi connectivity index (χ4v) is 2.21. The van der Waals surface area contributed by atoms with Gasteiger partial charge in [0.05, 0.1) is 5.56 Å². The molecule has 0 spiro atoms. The van der Waals surface area contributed by atoms with E-state index in [1.54, 1.807) is 6.07 Å². The second kappa shape index (κ2) is 5.87. The molecule has 1 saturated heterocycles. The molecule has 0 aliphatic carbocycles. The number of hydrogen-bond donors (Lipinski definition) is 1. The van der Waals surface area contributed by atoms with Crippen molar-refractivity contribution in [3.63, 3.8) is 0 Å². The van der Waals surface area contributed by atoms with Gasteiger partial charge in [-0.3, -0.25) is 4.90 Å². The molecule has 4 heteroatoms. The predicted octanol–water partition coefficient (Wildman–Crippen LogP) is 1.83. The van der Waals surface area contributed by atoms with E-state index in [1.165, 1.54) is 12.8 Å². The third-order valence-corrected chi connectivity index (χ3v) is 3.38. The molecule has 0 aromatic heterocycles. The van der Waals surface area contributed by atoms with Crippen LogP contribution in [0.15, 0.2) is 18.2 Å². The highest BCUT2D eigenvalue weighted by molar-refractivity contribution is 5.95. The van der Waals surface area contributed by atoms with Crippen LogP contribution in [-0.2, 0) is 4.74 Å². The molecule has 0 atom stereocenters. The maximum absolute atomic E-state index is 11.9. The predicted molar refractivity (Wildman–Crippen MR) is 71.5 cm³/mol. The van der Waals surface area contributed by atoms with Gasteiger partial charge < -0.3 is 10.5 Å². The van der Waals surface area contributed by atoms with Gasteiger partial charge >= 0.3 is 5.97 Å². The summed E-state index contributed by atoms with van der Waals surface area (Å²) in [6, 6.07) is 5.42. The van der Waals surface area contributed by atoms with Crippen LogP contribution in [0.4, 0.5) is 5.69 Å². The van der Waals surface area contributed by atoms with Gasteiger partial charge in [-0.2, -0.15) is 0 Å². The lowest BCUT2D eigenvalue weighted by Crippen LogP contribution is -2.25. The second-order valence-corrected chi connectivity index (χ2v) is 4.72. The van der Waals surface area contributed by atoms with Crippen molar-refractivity contribution < 1.29 is 9.53 Å². The first-order valence-electron chi connectivity index (χ1n) is 6.43. The molecule has 18 heavy (non-hydrogen) atoms. The molecule has 0 saturated carbocycles. The third kappa shape index (κ3) is 3.01. The molecule has 1 aromatic carbocycles. The van der Waals surface area contributed by atoms with Gasteiger partial charge in [-0.05, 0) is 44.5 Å². The highest BCUT2D eigenvalue weighted by Gasteiger charge is 2.14. The molecule has 1 aliphatic rings. The Hall–Kier alpha value is -1.55. The summed E-state index contributed by atoms with van der Waals surface area (Å²) in [6.45, 7) is 5.37. The zero-order chi connectivity index (χ0) is 13.0. The second-order valence-electron chi connectivity index (χ2n) is 4.72. The number of carbonyl (C=O) groups is 1. The molecule has 2 N–H and O–H groups in total. The zero-order valence-corrected chi connectivity index (χ0v) is 10.8. The minimum Gasteiger partial charge on any atom is -0.461 e. The molecule has 98 valence electrons. The van der Waals surface area contributed by atoms with Crippen LogP contribution in [0, 0.1) is 6.92 Å². The van der Waals surface area contributed by atoms with E-state index >= 15 is 0 Å². The van der Waals surface area contributed by atoms with Gasteiger partial charge in [0.15, 0.2) is 0 Å². The Morgan fingerprint density at radius 2 is 2.11 bits per heavy atom. The van der Waals surface area contributed by atoms with E-state index in [0.717, 1.165) is 25.2 Å². The number of ether oxygens (including phenoxy) is 1.